The van der Waals surface area contributed by atoms with E-state index in [1.54, 1.807) is 6.07 Å². The predicted octanol–water partition coefficient (Wildman–Crippen LogP) is 1.57. The summed E-state index contributed by atoms with van der Waals surface area (Å²) in [5.41, 5.74) is 0.0551. The van der Waals surface area contributed by atoms with Crippen molar-refractivity contribution in [1.29, 1.82) is 0 Å². The van der Waals surface area contributed by atoms with Gasteiger partial charge in [-0.2, -0.15) is 0 Å². The minimum atomic E-state index is -1.02. The standard InChI is InChI=1S/C17H22N2O5/c1-23-17(22)12-7-10-24-15(12)11-5-8-19(9-6-11)14-4-2-3-13(18-14)16(20)21/h2-4,11-12,15H,5-10H2,1H3,(H,20,21)/t12-,15+/m1/s1. The van der Waals surface area contributed by atoms with Gasteiger partial charge in [0.25, 0.3) is 0 Å². The van der Waals surface area contributed by atoms with Crippen LogP contribution in [0.4, 0.5) is 5.82 Å². The molecule has 3 rings (SSSR count). The lowest BCUT2D eigenvalue weighted by Crippen LogP contribution is -2.41. The maximum Gasteiger partial charge on any atom is 0.354 e. The fraction of sp³-hybridized carbons (Fsp3) is 0.588. The second kappa shape index (κ2) is 7.17. The molecule has 2 aliphatic heterocycles. The quantitative estimate of drug-likeness (QED) is 0.836. The molecule has 7 nitrogen and oxygen atoms in total. The van der Waals surface area contributed by atoms with Gasteiger partial charge in [0.2, 0.25) is 0 Å². The average molecular weight is 334 g/mol. The minimum Gasteiger partial charge on any atom is -0.477 e. The number of rotatable bonds is 4. The lowest BCUT2D eigenvalue weighted by Gasteiger charge is -2.36. The van der Waals surface area contributed by atoms with Gasteiger partial charge < -0.3 is 19.5 Å². The fourth-order valence-corrected chi connectivity index (χ4v) is 3.66. The number of carboxylic acids is 1. The maximum absolute atomic E-state index is 11.9. The number of hydrogen-bond donors (Lipinski definition) is 1. The summed E-state index contributed by atoms with van der Waals surface area (Å²) in [7, 11) is 1.42. The number of carbonyl (C=O) groups excluding carboxylic acids is 1. The highest BCUT2D eigenvalue weighted by molar-refractivity contribution is 5.85. The first-order valence-electron chi connectivity index (χ1n) is 8.25. The second-order valence-electron chi connectivity index (χ2n) is 6.26. The van der Waals surface area contributed by atoms with Gasteiger partial charge in [-0.05, 0) is 37.3 Å². The number of hydrogen-bond acceptors (Lipinski definition) is 6. The van der Waals surface area contributed by atoms with E-state index in [1.165, 1.54) is 13.2 Å². The van der Waals surface area contributed by atoms with Crippen LogP contribution in [-0.2, 0) is 14.3 Å². The molecule has 0 saturated carbocycles. The van der Waals surface area contributed by atoms with Crippen molar-refractivity contribution in [1.82, 2.24) is 4.98 Å². The number of esters is 1. The molecule has 1 N–H and O–H groups in total. The van der Waals surface area contributed by atoms with Crippen molar-refractivity contribution in [2.45, 2.75) is 25.4 Å². The largest absolute Gasteiger partial charge is 0.477 e. The zero-order valence-corrected chi connectivity index (χ0v) is 13.7. The first kappa shape index (κ1) is 16.7. The molecular weight excluding hydrogens is 312 g/mol. The summed E-state index contributed by atoms with van der Waals surface area (Å²) in [6.07, 6.45) is 2.42. The number of carboxylic acid groups (broad SMARTS) is 1. The summed E-state index contributed by atoms with van der Waals surface area (Å²) in [4.78, 5) is 29.2. The van der Waals surface area contributed by atoms with Crippen molar-refractivity contribution in [3.8, 4) is 0 Å². The van der Waals surface area contributed by atoms with Crippen LogP contribution in [0.5, 0.6) is 0 Å². The Kier molecular flexibility index (Phi) is 4.99. The normalized spacial score (nSPS) is 24.8. The van der Waals surface area contributed by atoms with Crippen LogP contribution in [0, 0.1) is 11.8 Å². The molecule has 130 valence electrons. The maximum atomic E-state index is 11.9. The Balaban J connectivity index is 1.62. The number of anilines is 1. The first-order chi connectivity index (χ1) is 11.6. The lowest BCUT2D eigenvalue weighted by molar-refractivity contribution is -0.148. The van der Waals surface area contributed by atoms with Crippen molar-refractivity contribution in [2.24, 2.45) is 11.8 Å². The fourth-order valence-electron chi connectivity index (χ4n) is 3.66. The third-order valence-corrected chi connectivity index (χ3v) is 4.92. The number of pyridine rings is 1. The SMILES string of the molecule is COC(=O)[C@@H]1CCO[C@H]1C1CCN(c2cccc(C(=O)O)n2)CC1. The Morgan fingerprint density at radius 2 is 2.04 bits per heavy atom. The summed E-state index contributed by atoms with van der Waals surface area (Å²) in [5.74, 6) is -0.372. The molecule has 2 aliphatic rings. The van der Waals surface area contributed by atoms with Crippen molar-refractivity contribution < 1.29 is 24.2 Å². The van der Waals surface area contributed by atoms with E-state index in [4.69, 9.17) is 14.6 Å². The van der Waals surface area contributed by atoms with Crippen LogP contribution in [0.15, 0.2) is 18.2 Å². The molecule has 0 aliphatic carbocycles. The Labute approximate surface area is 140 Å². The van der Waals surface area contributed by atoms with Crippen LogP contribution >= 0.6 is 0 Å². The molecule has 0 amide bonds. The van der Waals surface area contributed by atoms with E-state index in [9.17, 15) is 9.59 Å². The molecule has 0 unspecified atom stereocenters. The molecule has 0 spiro atoms. The minimum absolute atomic E-state index is 0.0551. The lowest BCUT2D eigenvalue weighted by atomic mass is 9.84. The Morgan fingerprint density at radius 3 is 2.71 bits per heavy atom. The summed E-state index contributed by atoms with van der Waals surface area (Å²) in [6, 6.07) is 5.03. The highest BCUT2D eigenvalue weighted by atomic mass is 16.5. The Bertz CT molecular complexity index is 613. The van der Waals surface area contributed by atoms with Crippen molar-refractivity contribution in [3.63, 3.8) is 0 Å². The molecule has 24 heavy (non-hydrogen) atoms. The van der Waals surface area contributed by atoms with Gasteiger partial charge in [-0.15, -0.1) is 0 Å². The monoisotopic (exact) mass is 334 g/mol. The van der Waals surface area contributed by atoms with Crippen LogP contribution in [0.1, 0.15) is 29.8 Å². The first-order valence-corrected chi connectivity index (χ1v) is 8.25. The summed E-state index contributed by atoms with van der Waals surface area (Å²) in [5, 5.41) is 9.06. The molecular formula is C17H22N2O5. The van der Waals surface area contributed by atoms with Crippen LogP contribution < -0.4 is 4.90 Å². The van der Waals surface area contributed by atoms with Gasteiger partial charge in [0.1, 0.15) is 5.82 Å². The van der Waals surface area contributed by atoms with Gasteiger partial charge in [-0.1, -0.05) is 6.07 Å². The molecule has 7 heteroatoms. The van der Waals surface area contributed by atoms with Crippen LogP contribution in [-0.4, -0.2) is 54.9 Å². The number of carbonyl (C=O) groups is 2. The summed E-state index contributed by atoms with van der Waals surface area (Å²) in [6.45, 7) is 2.15. The van der Waals surface area contributed by atoms with E-state index in [1.807, 2.05) is 6.07 Å². The predicted molar refractivity (Wildman–Crippen MR) is 86.0 cm³/mol. The summed E-state index contributed by atoms with van der Waals surface area (Å²) >= 11 is 0. The molecule has 0 bridgehead atoms. The molecule has 2 fully saturated rings. The number of ether oxygens (including phenoxy) is 2. The number of piperidine rings is 1. The highest BCUT2D eigenvalue weighted by Crippen LogP contribution is 2.34. The van der Waals surface area contributed by atoms with Gasteiger partial charge in [-0.25, -0.2) is 9.78 Å². The third-order valence-electron chi connectivity index (χ3n) is 4.92. The molecule has 3 heterocycles. The van der Waals surface area contributed by atoms with Gasteiger partial charge >= 0.3 is 11.9 Å². The zero-order valence-electron chi connectivity index (χ0n) is 13.7. The van der Waals surface area contributed by atoms with Crippen molar-refractivity contribution >= 4 is 17.8 Å². The Hall–Kier alpha value is -2.15. The van der Waals surface area contributed by atoms with E-state index in [0.29, 0.717) is 18.3 Å². The van der Waals surface area contributed by atoms with Gasteiger partial charge in [0.05, 0.1) is 19.1 Å². The summed E-state index contributed by atoms with van der Waals surface area (Å²) < 4.78 is 10.7. The van der Waals surface area contributed by atoms with E-state index in [0.717, 1.165) is 32.4 Å². The highest BCUT2D eigenvalue weighted by Gasteiger charge is 2.41. The third kappa shape index (κ3) is 3.36. The number of aromatic nitrogens is 1. The topological polar surface area (TPSA) is 89.0 Å². The van der Waals surface area contributed by atoms with Gasteiger partial charge in [0, 0.05) is 19.7 Å². The van der Waals surface area contributed by atoms with E-state index < -0.39 is 5.97 Å². The van der Waals surface area contributed by atoms with Crippen LogP contribution in [0.3, 0.4) is 0 Å². The van der Waals surface area contributed by atoms with Crippen molar-refractivity contribution in [2.75, 3.05) is 31.7 Å². The molecule has 1 aromatic rings. The van der Waals surface area contributed by atoms with Crippen molar-refractivity contribution in [3.05, 3.63) is 23.9 Å². The van der Waals surface area contributed by atoms with E-state index in [-0.39, 0.29) is 23.7 Å². The van der Waals surface area contributed by atoms with Crippen LogP contribution in [0.25, 0.3) is 0 Å². The molecule has 2 saturated heterocycles. The molecule has 0 radical (unpaired) electrons. The zero-order chi connectivity index (χ0) is 17.1. The smallest absolute Gasteiger partial charge is 0.354 e. The molecule has 0 aromatic carbocycles. The number of aromatic carboxylic acids is 1. The van der Waals surface area contributed by atoms with Gasteiger partial charge in [0.15, 0.2) is 5.69 Å². The van der Waals surface area contributed by atoms with E-state index >= 15 is 0 Å². The van der Waals surface area contributed by atoms with Gasteiger partial charge in [-0.3, -0.25) is 4.79 Å². The second-order valence-corrected chi connectivity index (χ2v) is 6.26. The number of nitrogens with zero attached hydrogens (tertiary/aromatic N) is 2. The average Bonchev–Trinajstić information content (AvgIpc) is 3.11. The number of methoxy groups -OCH3 is 1. The Morgan fingerprint density at radius 1 is 1.29 bits per heavy atom. The molecule has 1 aromatic heterocycles. The molecule has 2 atom stereocenters. The van der Waals surface area contributed by atoms with Crippen LogP contribution in [0.2, 0.25) is 0 Å². The van der Waals surface area contributed by atoms with E-state index in [2.05, 4.69) is 9.88 Å².